The predicted molar refractivity (Wildman–Crippen MR) is 80.4 cm³/mol. The number of hydrogen-bond acceptors (Lipinski definition) is 6. The van der Waals surface area contributed by atoms with Crippen molar-refractivity contribution in [3.05, 3.63) is 34.9 Å². The summed E-state index contributed by atoms with van der Waals surface area (Å²) in [5.74, 6) is 2.67. The number of rotatable bonds is 3. The normalized spacial score (nSPS) is 19.0. The van der Waals surface area contributed by atoms with E-state index in [-0.39, 0.29) is 12.0 Å². The largest absolute Gasteiger partial charge is 0.464 e. The zero-order chi connectivity index (χ0) is 14.8. The van der Waals surface area contributed by atoms with Crippen LogP contribution in [0.15, 0.2) is 22.6 Å². The first-order valence-electron chi connectivity index (χ1n) is 6.90. The minimum Gasteiger partial charge on any atom is -0.464 e. The second-order valence-corrected chi connectivity index (χ2v) is 5.24. The highest BCUT2D eigenvalue weighted by Crippen LogP contribution is 2.31. The second kappa shape index (κ2) is 5.91. The van der Waals surface area contributed by atoms with E-state index in [4.69, 9.17) is 26.5 Å². The first-order chi connectivity index (χ1) is 10.2. The number of nitrogens with two attached hydrogens (primary N) is 1. The maximum Gasteiger partial charge on any atom is 0.223 e. The van der Waals surface area contributed by atoms with Gasteiger partial charge >= 0.3 is 0 Å². The third kappa shape index (κ3) is 2.96. The summed E-state index contributed by atoms with van der Waals surface area (Å²) >= 11 is 5.98. The van der Waals surface area contributed by atoms with E-state index in [0.29, 0.717) is 30.7 Å². The minimum absolute atomic E-state index is 0.0376. The van der Waals surface area contributed by atoms with Gasteiger partial charge < -0.3 is 19.8 Å². The number of nitrogens with zero attached hydrogens (tertiary/aromatic N) is 3. The molecule has 2 aromatic rings. The van der Waals surface area contributed by atoms with Gasteiger partial charge in [0, 0.05) is 19.0 Å². The van der Waals surface area contributed by atoms with Gasteiger partial charge in [0.1, 0.15) is 28.5 Å². The van der Waals surface area contributed by atoms with Crippen molar-refractivity contribution < 1.29 is 9.15 Å². The van der Waals surface area contributed by atoms with Crippen LogP contribution in [0.25, 0.3) is 0 Å². The summed E-state index contributed by atoms with van der Waals surface area (Å²) in [7, 11) is 0. The molecule has 0 radical (unpaired) electrons. The van der Waals surface area contributed by atoms with E-state index in [9.17, 15) is 0 Å². The quantitative estimate of drug-likeness (QED) is 0.878. The number of halogens is 1. The molecule has 2 N–H and O–H groups in total. The topological polar surface area (TPSA) is 77.4 Å². The van der Waals surface area contributed by atoms with Crippen LogP contribution < -0.4 is 10.6 Å². The SMILES string of the molecule is CCc1ccc([C@H]2COCCN2c2cc(Cl)nc(N)n2)o1. The van der Waals surface area contributed by atoms with Crippen LogP contribution in [0.4, 0.5) is 11.8 Å². The van der Waals surface area contributed by atoms with Gasteiger partial charge in [0.15, 0.2) is 0 Å². The molecular formula is C14H17ClN4O2. The lowest BCUT2D eigenvalue weighted by Gasteiger charge is -2.35. The number of furan rings is 1. The highest BCUT2D eigenvalue weighted by Gasteiger charge is 2.28. The van der Waals surface area contributed by atoms with Crippen molar-refractivity contribution in [1.29, 1.82) is 0 Å². The molecule has 0 spiro atoms. The molecule has 6 nitrogen and oxygen atoms in total. The fraction of sp³-hybridized carbons (Fsp3) is 0.429. The lowest BCUT2D eigenvalue weighted by Crippen LogP contribution is -2.40. The number of aromatic nitrogens is 2. The zero-order valence-electron chi connectivity index (χ0n) is 11.8. The molecule has 1 aliphatic heterocycles. The molecule has 0 aliphatic carbocycles. The van der Waals surface area contributed by atoms with Gasteiger partial charge in [0.2, 0.25) is 5.95 Å². The van der Waals surface area contributed by atoms with Crippen LogP contribution in [0.3, 0.4) is 0 Å². The van der Waals surface area contributed by atoms with Gasteiger partial charge in [-0.3, -0.25) is 0 Å². The number of hydrogen-bond donors (Lipinski definition) is 1. The summed E-state index contributed by atoms with van der Waals surface area (Å²) in [6.45, 7) is 3.92. The van der Waals surface area contributed by atoms with Gasteiger partial charge in [0.25, 0.3) is 0 Å². The molecule has 21 heavy (non-hydrogen) atoms. The number of nitrogen functional groups attached to an aromatic ring is 1. The summed E-state index contributed by atoms with van der Waals surface area (Å²) in [6.07, 6.45) is 0.861. The summed E-state index contributed by atoms with van der Waals surface area (Å²) in [4.78, 5) is 10.3. The van der Waals surface area contributed by atoms with E-state index in [0.717, 1.165) is 17.9 Å². The van der Waals surface area contributed by atoms with Crippen molar-refractivity contribution >= 4 is 23.4 Å². The Balaban J connectivity index is 1.93. The van der Waals surface area contributed by atoms with E-state index >= 15 is 0 Å². The average molecular weight is 309 g/mol. The molecule has 7 heteroatoms. The molecule has 0 bridgehead atoms. The molecule has 0 saturated carbocycles. The minimum atomic E-state index is -0.0376. The third-order valence-electron chi connectivity index (χ3n) is 3.48. The Bertz CT molecular complexity index is 611. The van der Waals surface area contributed by atoms with Gasteiger partial charge in [-0.2, -0.15) is 4.98 Å². The van der Waals surface area contributed by atoms with Crippen molar-refractivity contribution in [3.8, 4) is 0 Å². The summed E-state index contributed by atoms with van der Waals surface area (Å²) in [5, 5.41) is 0.330. The molecule has 0 aromatic carbocycles. The molecular weight excluding hydrogens is 292 g/mol. The molecule has 0 unspecified atom stereocenters. The van der Waals surface area contributed by atoms with Gasteiger partial charge in [-0.05, 0) is 12.1 Å². The van der Waals surface area contributed by atoms with E-state index in [1.54, 1.807) is 6.07 Å². The Hall–Kier alpha value is -1.79. The Labute approximate surface area is 127 Å². The van der Waals surface area contributed by atoms with E-state index < -0.39 is 0 Å². The van der Waals surface area contributed by atoms with Gasteiger partial charge in [-0.25, -0.2) is 4.98 Å². The number of ether oxygens (including phenoxy) is 1. The van der Waals surface area contributed by atoms with E-state index in [1.807, 2.05) is 12.1 Å². The van der Waals surface area contributed by atoms with Gasteiger partial charge in [-0.15, -0.1) is 0 Å². The molecule has 2 aromatic heterocycles. The standard InChI is InChI=1S/C14H17ClN4O2/c1-2-9-3-4-11(21-9)10-8-20-6-5-19(10)13-7-12(15)17-14(16)18-13/h3-4,7,10H,2,5-6,8H2,1H3,(H2,16,17,18)/t10-/m1/s1. The Morgan fingerprint density at radius 3 is 3.00 bits per heavy atom. The number of morpholine rings is 1. The maximum absolute atomic E-state index is 5.98. The average Bonchev–Trinajstić information content (AvgIpc) is 2.95. The van der Waals surface area contributed by atoms with Crippen LogP contribution in [-0.4, -0.2) is 29.7 Å². The summed E-state index contributed by atoms with van der Waals surface area (Å²) in [6, 6.07) is 5.64. The molecule has 1 atom stereocenters. The second-order valence-electron chi connectivity index (χ2n) is 4.85. The monoisotopic (exact) mass is 308 g/mol. The highest BCUT2D eigenvalue weighted by molar-refractivity contribution is 6.29. The maximum atomic E-state index is 5.98. The van der Waals surface area contributed by atoms with Crippen LogP contribution in [0, 0.1) is 0 Å². The van der Waals surface area contributed by atoms with E-state index in [2.05, 4.69) is 21.8 Å². The Morgan fingerprint density at radius 1 is 1.43 bits per heavy atom. The molecule has 112 valence electrons. The fourth-order valence-electron chi connectivity index (χ4n) is 2.45. The van der Waals surface area contributed by atoms with Crippen LogP contribution in [-0.2, 0) is 11.2 Å². The molecule has 1 saturated heterocycles. The summed E-state index contributed by atoms with van der Waals surface area (Å²) < 4.78 is 11.4. The van der Waals surface area contributed by atoms with Crippen molar-refractivity contribution in [2.24, 2.45) is 0 Å². The molecule has 3 rings (SSSR count). The lowest BCUT2D eigenvalue weighted by molar-refractivity contribution is 0.0869. The van der Waals surface area contributed by atoms with Gasteiger partial charge in [0.05, 0.1) is 13.2 Å². The van der Waals surface area contributed by atoms with Crippen LogP contribution >= 0.6 is 11.6 Å². The third-order valence-corrected chi connectivity index (χ3v) is 3.67. The molecule has 1 fully saturated rings. The van der Waals surface area contributed by atoms with Gasteiger partial charge in [-0.1, -0.05) is 18.5 Å². The number of anilines is 2. The Kier molecular flexibility index (Phi) is 3.98. The smallest absolute Gasteiger partial charge is 0.223 e. The van der Waals surface area contributed by atoms with E-state index in [1.165, 1.54) is 0 Å². The lowest BCUT2D eigenvalue weighted by atomic mass is 10.1. The molecule has 0 amide bonds. The first-order valence-corrected chi connectivity index (χ1v) is 7.28. The predicted octanol–water partition coefficient (Wildman–Crippen LogP) is 2.45. The molecule has 1 aliphatic rings. The van der Waals surface area contributed by atoms with Crippen LogP contribution in [0.1, 0.15) is 24.5 Å². The van der Waals surface area contributed by atoms with Crippen molar-refractivity contribution in [2.45, 2.75) is 19.4 Å². The Morgan fingerprint density at radius 2 is 2.29 bits per heavy atom. The van der Waals surface area contributed by atoms with Crippen molar-refractivity contribution in [3.63, 3.8) is 0 Å². The first kappa shape index (κ1) is 14.2. The van der Waals surface area contributed by atoms with Crippen LogP contribution in [0.2, 0.25) is 5.15 Å². The summed E-state index contributed by atoms with van der Waals surface area (Å²) in [5.41, 5.74) is 5.69. The van der Waals surface area contributed by atoms with Crippen molar-refractivity contribution in [2.75, 3.05) is 30.4 Å². The highest BCUT2D eigenvalue weighted by atomic mass is 35.5. The number of aryl methyl sites for hydroxylation is 1. The van der Waals surface area contributed by atoms with Crippen molar-refractivity contribution in [1.82, 2.24) is 9.97 Å². The van der Waals surface area contributed by atoms with Crippen LogP contribution in [0.5, 0.6) is 0 Å². The zero-order valence-corrected chi connectivity index (χ0v) is 12.5. The molecule has 3 heterocycles. The fourth-order valence-corrected chi connectivity index (χ4v) is 2.63.